The number of hydrogen-bond donors (Lipinski definition) is 4. The quantitative estimate of drug-likeness (QED) is 0.281. The summed E-state index contributed by atoms with van der Waals surface area (Å²) in [5, 5.41) is 24.5. The van der Waals surface area contributed by atoms with Crippen LogP contribution in [0, 0.1) is 34.5 Å². The standard InChI is InChI=1S/C26H24N2O12/c29-17-9-25(23(37)39-17)7-11(5-15(25)21(33)34)19(31)27-13-1-2-14(4-3-13)28-20(32)12-6-16(22(35)36)26(8-12)10-18(30)40-24(26)38/h1-4,11-12,15-16H,5-10H2,(H,27,31)(H,28,32)(H,33,34)(H,35,36). The summed E-state index contributed by atoms with van der Waals surface area (Å²) in [5.41, 5.74) is -2.50. The summed E-state index contributed by atoms with van der Waals surface area (Å²) in [5.74, 6) is -11.4. The number of nitrogens with one attached hydrogen (secondary N) is 2. The molecule has 6 atom stereocenters. The Morgan fingerprint density at radius 1 is 0.675 bits per heavy atom. The van der Waals surface area contributed by atoms with Crippen molar-refractivity contribution in [3.05, 3.63) is 24.3 Å². The molecule has 4 aliphatic rings. The molecule has 2 heterocycles. The predicted octanol–water partition coefficient (Wildman–Crippen LogP) is 0.705. The number of carbonyl (C=O) groups is 8. The third-order valence-corrected chi connectivity index (χ3v) is 8.50. The van der Waals surface area contributed by atoms with E-state index in [1.807, 2.05) is 0 Å². The molecule has 2 saturated heterocycles. The Labute approximate surface area is 225 Å². The number of ether oxygens (including phenoxy) is 2. The summed E-state index contributed by atoms with van der Waals surface area (Å²) in [7, 11) is 0. The van der Waals surface area contributed by atoms with Crippen LogP contribution in [-0.4, -0.2) is 57.8 Å². The van der Waals surface area contributed by atoms with E-state index in [9.17, 15) is 48.6 Å². The van der Waals surface area contributed by atoms with E-state index in [4.69, 9.17) is 0 Å². The van der Waals surface area contributed by atoms with Crippen LogP contribution in [-0.2, 0) is 47.8 Å². The third kappa shape index (κ3) is 4.38. The van der Waals surface area contributed by atoms with Gasteiger partial charge in [0.1, 0.15) is 0 Å². The molecule has 14 nitrogen and oxygen atoms in total. The molecule has 210 valence electrons. The Morgan fingerprint density at radius 2 is 1.02 bits per heavy atom. The molecule has 6 unspecified atom stereocenters. The molecule has 1 aromatic rings. The molecule has 2 aliphatic heterocycles. The second-order valence-electron chi connectivity index (χ2n) is 10.8. The molecule has 1 aromatic carbocycles. The van der Waals surface area contributed by atoms with Crippen molar-refractivity contribution in [2.24, 2.45) is 34.5 Å². The van der Waals surface area contributed by atoms with Crippen molar-refractivity contribution >= 4 is 59.0 Å². The van der Waals surface area contributed by atoms with Gasteiger partial charge >= 0.3 is 35.8 Å². The van der Waals surface area contributed by atoms with E-state index in [0.717, 1.165) is 0 Å². The fourth-order valence-electron chi connectivity index (χ4n) is 6.53. The van der Waals surface area contributed by atoms with Crippen LogP contribution in [0.15, 0.2) is 24.3 Å². The lowest BCUT2D eigenvalue weighted by Crippen LogP contribution is -2.35. The van der Waals surface area contributed by atoms with Gasteiger partial charge in [0.05, 0.1) is 35.5 Å². The number of esters is 4. The van der Waals surface area contributed by atoms with Gasteiger partial charge in [0.15, 0.2) is 0 Å². The summed E-state index contributed by atoms with van der Waals surface area (Å²) >= 11 is 0. The summed E-state index contributed by atoms with van der Waals surface area (Å²) in [6.45, 7) is 0. The lowest BCUT2D eigenvalue weighted by Gasteiger charge is -2.21. The van der Waals surface area contributed by atoms with Crippen LogP contribution in [0.3, 0.4) is 0 Å². The first-order valence-corrected chi connectivity index (χ1v) is 12.5. The zero-order valence-electron chi connectivity index (χ0n) is 20.8. The van der Waals surface area contributed by atoms with Gasteiger partial charge in [0, 0.05) is 23.2 Å². The number of aliphatic carboxylic acids is 2. The minimum atomic E-state index is -1.57. The Morgan fingerprint density at radius 3 is 1.30 bits per heavy atom. The van der Waals surface area contributed by atoms with Gasteiger partial charge in [0.25, 0.3) is 0 Å². The summed E-state index contributed by atoms with van der Waals surface area (Å²) in [6, 6.07) is 5.90. The fraction of sp³-hybridized carbons (Fsp3) is 0.462. The van der Waals surface area contributed by atoms with E-state index < -0.39 is 95.0 Å². The fourth-order valence-corrected chi connectivity index (χ4v) is 6.53. The lowest BCUT2D eigenvalue weighted by atomic mass is 9.76. The maximum absolute atomic E-state index is 12.9. The van der Waals surface area contributed by atoms with Crippen LogP contribution < -0.4 is 10.6 Å². The zero-order chi connectivity index (χ0) is 29.0. The van der Waals surface area contributed by atoms with Crippen LogP contribution in [0.2, 0.25) is 0 Å². The third-order valence-electron chi connectivity index (χ3n) is 8.50. The topological polar surface area (TPSA) is 220 Å². The Bertz CT molecular complexity index is 1270. The smallest absolute Gasteiger partial charge is 0.321 e. The number of rotatable bonds is 6. The van der Waals surface area contributed by atoms with E-state index in [-0.39, 0.29) is 25.7 Å². The summed E-state index contributed by atoms with van der Waals surface area (Å²) < 4.78 is 9.18. The molecule has 5 rings (SSSR count). The van der Waals surface area contributed by atoms with Crippen LogP contribution in [0.1, 0.15) is 38.5 Å². The highest BCUT2D eigenvalue weighted by molar-refractivity contribution is 6.03. The number of carboxylic acid groups (broad SMARTS) is 2. The normalized spacial score (nSPS) is 32.8. The van der Waals surface area contributed by atoms with E-state index in [1.54, 1.807) is 0 Å². The zero-order valence-corrected chi connectivity index (χ0v) is 20.8. The first-order chi connectivity index (χ1) is 18.8. The second-order valence-corrected chi connectivity index (χ2v) is 10.8. The molecule has 14 heteroatoms. The largest absolute Gasteiger partial charge is 0.481 e. The average Bonchev–Trinajstić information content (AvgIpc) is 3.60. The molecule has 0 radical (unpaired) electrons. The molecule has 2 saturated carbocycles. The highest BCUT2D eigenvalue weighted by Crippen LogP contribution is 2.54. The van der Waals surface area contributed by atoms with E-state index in [1.165, 1.54) is 24.3 Å². The maximum atomic E-state index is 12.9. The minimum absolute atomic E-state index is 0.142. The van der Waals surface area contributed by atoms with Gasteiger partial charge in [-0.1, -0.05) is 0 Å². The van der Waals surface area contributed by atoms with Crippen molar-refractivity contribution < 1.29 is 58.0 Å². The predicted molar refractivity (Wildman–Crippen MR) is 128 cm³/mol. The Kier molecular flexibility index (Phi) is 6.43. The van der Waals surface area contributed by atoms with E-state index in [0.29, 0.717) is 11.4 Å². The Hall–Kier alpha value is -4.62. The van der Waals surface area contributed by atoms with Crippen molar-refractivity contribution in [2.75, 3.05) is 10.6 Å². The van der Waals surface area contributed by atoms with E-state index >= 15 is 0 Å². The molecule has 2 amide bonds. The van der Waals surface area contributed by atoms with Crippen molar-refractivity contribution in [1.82, 2.24) is 0 Å². The van der Waals surface area contributed by atoms with Crippen molar-refractivity contribution in [2.45, 2.75) is 38.5 Å². The number of anilines is 2. The molecule has 2 spiro atoms. The number of hydrogen-bond acceptors (Lipinski definition) is 10. The van der Waals surface area contributed by atoms with E-state index in [2.05, 4.69) is 20.1 Å². The molecule has 0 aromatic heterocycles. The van der Waals surface area contributed by atoms with Crippen LogP contribution in [0.4, 0.5) is 11.4 Å². The van der Waals surface area contributed by atoms with Gasteiger partial charge in [-0.2, -0.15) is 0 Å². The molecule has 2 aliphatic carbocycles. The summed E-state index contributed by atoms with van der Waals surface area (Å²) in [4.78, 5) is 97.2. The highest BCUT2D eigenvalue weighted by Gasteiger charge is 2.64. The number of carboxylic acids is 2. The Balaban J connectivity index is 1.21. The number of cyclic esters (lactones) is 4. The van der Waals surface area contributed by atoms with Crippen molar-refractivity contribution in [3.63, 3.8) is 0 Å². The number of carbonyl (C=O) groups excluding carboxylic acids is 6. The maximum Gasteiger partial charge on any atom is 0.321 e. The number of amides is 2. The van der Waals surface area contributed by atoms with Gasteiger partial charge in [-0.3, -0.25) is 38.4 Å². The molecular weight excluding hydrogens is 532 g/mol. The van der Waals surface area contributed by atoms with Gasteiger partial charge in [0.2, 0.25) is 11.8 Å². The van der Waals surface area contributed by atoms with Crippen LogP contribution in [0.5, 0.6) is 0 Å². The molecule has 4 fully saturated rings. The molecule has 0 bridgehead atoms. The van der Waals surface area contributed by atoms with Crippen LogP contribution in [0.25, 0.3) is 0 Å². The minimum Gasteiger partial charge on any atom is -0.481 e. The average molecular weight is 556 g/mol. The first-order valence-electron chi connectivity index (χ1n) is 12.5. The van der Waals surface area contributed by atoms with Gasteiger partial charge in [-0.25, -0.2) is 0 Å². The molecular formula is C26H24N2O12. The molecule has 4 N–H and O–H groups in total. The van der Waals surface area contributed by atoms with Gasteiger partial charge in [-0.05, 0) is 49.9 Å². The SMILES string of the molecule is O=C1CC2(CC(C(=O)Nc3ccc(NC(=O)C4CC(C(=O)O)C5(CC(=O)OC5=O)C4)cc3)CC2C(=O)O)C(=O)O1. The van der Waals surface area contributed by atoms with Crippen molar-refractivity contribution in [3.8, 4) is 0 Å². The lowest BCUT2D eigenvalue weighted by molar-refractivity contribution is -0.160. The first kappa shape index (κ1) is 27.0. The van der Waals surface area contributed by atoms with Gasteiger partial charge < -0.3 is 30.3 Å². The highest BCUT2D eigenvalue weighted by atomic mass is 16.6. The summed E-state index contributed by atoms with van der Waals surface area (Å²) in [6.07, 6.45) is -1.36. The monoisotopic (exact) mass is 556 g/mol. The number of benzene rings is 1. The molecule has 40 heavy (non-hydrogen) atoms. The van der Waals surface area contributed by atoms with Crippen LogP contribution >= 0.6 is 0 Å². The van der Waals surface area contributed by atoms with Gasteiger partial charge in [-0.15, -0.1) is 0 Å². The second kappa shape index (κ2) is 9.54. The van der Waals surface area contributed by atoms with Crippen molar-refractivity contribution in [1.29, 1.82) is 0 Å².